The lowest BCUT2D eigenvalue weighted by Gasteiger charge is -2.42. The number of carbonyl (C=O) groups excluding carboxylic acids is 3. The number of halogens is 3. The smallest absolute Gasteiger partial charge is 0.408 e. The van der Waals surface area contributed by atoms with E-state index in [4.69, 9.17) is 21.1 Å². The van der Waals surface area contributed by atoms with Crippen LogP contribution >= 0.6 is 11.6 Å². The third-order valence-electron chi connectivity index (χ3n) is 12.8. The number of rotatable bonds is 10. The summed E-state index contributed by atoms with van der Waals surface area (Å²) in [6.45, 7) is 12.9. The molecule has 4 amide bonds. The second-order valence-electron chi connectivity index (χ2n) is 17.9. The lowest BCUT2D eigenvalue weighted by molar-refractivity contribution is -0.219. The zero-order chi connectivity index (χ0) is 44.3. The monoisotopic (exact) mass is 879 g/mol. The molecule has 0 radical (unpaired) electrons. The van der Waals surface area contributed by atoms with Gasteiger partial charge in [0.25, 0.3) is 11.8 Å². The quantitative estimate of drug-likeness (QED) is 0.165. The van der Waals surface area contributed by atoms with Gasteiger partial charge in [0.1, 0.15) is 17.6 Å². The molecule has 60 heavy (non-hydrogen) atoms. The van der Waals surface area contributed by atoms with Crippen molar-refractivity contribution in [1.29, 1.82) is 0 Å². The van der Waals surface area contributed by atoms with Crippen LogP contribution in [-0.4, -0.2) is 98.3 Å². The summed E-state index contributed by atoms with van der Waals surface area (Å²) in [6, 6.07) is -2.55. The molecule has 0 spiro atoms. The predicted molar refractivity (Wildman–Crippen MR) is 220 cm³/mol. The zero-order valence-electron chi connectivity index (χ0n) is 35.3. The molecule has 3 fully saturated rings. The first kappa shape index (κ1) is 45.3. The molecule has 14 nitrogen and oxygen atoms in total. The van der Waals surface area contributed by atoms with Crippen LogP contribution in [0.4, 0.5) is 13.6 Å². The van der Waals surface area contributed by atoms with Crippen molar-refractivity contribution in [1.82, 2.24) is 24.8 Å². The highest BCUT2D eigenvalue weighted by molar-refractivity contribution is 7.91. The lowest BCUT2D eigenvalue weighted by Crippen LogP contribution is -2.64. The van der Waals surface area contributed by atoms with Gasteiger partial charge in [0.05, 0.1) is 10.9 Å². The van der Waals surface area contributed by atoms with E-state index in [-0.39, 0.29) is 58.4 Å². The highest BCUT2D eigenvalue weighted by atomic mass is 35.5. The van der Waals surface area contributed by atoms with E-state index < -0.39 is 92.2 Å². The first-order valence-corrected chi connectivity index (χ1v) is 22.5. The van der Waals surface area contributed by atoms with Gasteiger partial charge in [-0.15, -0.1) is 0 Å². The minimum absolute atomic E-state index is 0.0126. The Balaban J connectivity index is 1.50. The molecule has 3 N–H and O–H groups in total. The van der Waals surface area contributed by atoms with Crippen LogP contribution in [-0.2, 0) is 24.4 Å². The van der Waals surface area contributed by atoms with E-state index in [1.165, 1.54) is 13.0 Å². The average molecular weight is 880 g/mol. The second-order valence-corrected chi connectivity index (χ2v) is 20.5. The van der Waals surface area contributed by atoms with Crippen LogP contribution in [0.15, 0.2) is 36.4 Å². The number of benzene rings is 1. The van der Waals surface area contributed by atoms with Gasteiger partial charge in [-0.3, -0.25) is 28.9 Å². The third kappa shape index (κ3) is 8.24. The Bertz CT molecular complexity index is 2190. The van der Waals surface area contributed by atoms with Crippen molar-refractivity contribution >= 4 is 56.2 Å². The van der Waals surface area contributed by atoms with Crippen molar-refractivity contribution in [2.45, 2.75) is 153 Å². The Labute approximate surface area is 354 Å². The molecule has 2 aliphatic carbocycles. The molecular formula is C42H56ClF2N5O9S. The summed E-state index contributed by atoms with van der Waals surface area (Å²) in [5, 5.41) is 14.1. The van der Waals surface area contributed by atoms with E-state index in [1.807, 2.05) is 13.0 Å². The highest BCUT2D eigenvalue weighted by Crippen LogP contribution is 2.52. The van der Waals surface area contributed by atoms with Gasteiger partial charge in [0.2, 0.25) is 27.7 Å². The number of amides is 4. The lowest BCUT2D eigenvalue weighted by atomic mass is 9.86. The van der Waals surface area contributed by atoms with Gasteiger partial charge in [0.15, 0.2) is 5.60 Å². The van der Waals surface area contributed by atoms with Gasteiger partial charge < -0.3 is 19.9 Å². The molecule has 2 saturated carbocycles. The largest absolute Gasteiger partial charge is 0.475 e. The first-order chi connectivity index (χ1) is 27.9. The molecule has 1 unspecified atom stereocenters. The Morgan fingerprint density at radius 1 is 1.13 bits per heavy atom. The molecule has 2 aromatic rings. The molecule has 18 heteroatoms. The molecule has 1 saturated heterocycles. The number of aromatic nitrogens is 1. The topological polar surface area (TPSA) is 185 Å². The number of carboxylic acid groups (broad SMARTS) is 1. The molecule has 1 aromatic heterocycles. The van der Waals surface area contributed by atoms with Crippen molar-refractivity contribution in [3.05, 3.63) is 41.4 Å². The maximum atomic E-state index is 17.8. The summed E-state index contributed by atoms with van der Waals surface area (Å²) >= 11 is 6.55. The van der Waals surface area contributed by atoms with Crippen molar-refractivity contribution < 1.29 is 51.0 Å². The summed E-state index contributed by atoms with van der Waals surface area (Å²) < 4.78 is 75.1. The molecule has 6 rings (SSSR count). The predicted octanol–water partition coefficient (Wildman–Crippen LogP) is 7.04. The molecule has 330 valence electrons. The number of carbonyl (C=O) groups is 4. The van der Waals surface area contributed by atoms with Gasteiger partial charge in [0, 0.05) is 40.2 Å². The molecule has 1 aromatic carbocycles. The first-order valence-electron chi connectivity index (χ1n) is 20.6. The van der Waals surface area contributed by atoms with Crippen LogP contribution in [0.3, 0.4) is 0 Å². The SMILES string of the molecule is CCC(C)N(C(=O)O)[C@@H]1C(=O)N2[C@@H](C[C@@](C)(Oc3nc(OC(C)C)cc4c(Cl)cccc34)C2(F)F)C(=O)N[C@]2(C(=O)NS(=O)(=O)C3(C)CC3)C[C@H]2/C=C\CC[C@@H](C)C[C@H]1C. The fourth-order valence-corrected chi connectivity index (χ4v) is 10.1. The minimum atomic E-state index is -4.33. The Kier molecular flexibility index (Phi) is 12.2. The number of allylic oxidation sites excluding steroid dienone is 1. The van der Waals surface area contributed by atoms with E-state index in [2.05, 4.69) is 15.0 Å². The van der Waals surface area contributed by atoms with E-state index in [1.54, 1.807) is 58.9 Å². The highest BCUT2D eigenvalue weighted by Gasteiger charge is 2.71. The summed E-state index contributed by atoms with van der Waals surface area (Å²) in [5.74, 6) is -5.42. The van der Waals surface area contributed by atoms with Gasteiger partial charge in [-0.1, -0.05) is 50.6 Å². The van der Waals surface area contributed by atoms with Crippen LogP contribution in [0, 0.1) is 17.8 Å². The van der Waals surface area contributed by atoms with Crippen LogP contribution in [0.5, 0.6) is 11.8 Å². The van der Waals surface area contributed by atoms with Crippen molar-refractivity contribution in [2.24, 2.45) is 17.8 Å². The Morgan fingerprint density at radius 2 is 1.82 bits per heavy atom. The number of alkyl halides is 2. The summed E-state index contributed by atoms with van der Waals surface area (Å²) in [4.78, 5) is 62.4. The van der Waals surface area contributed by atoms with Crippen LogP contribution in [0.1, 0.15) is 107 Å². The van der Waals surface area contributed by atoms with Gasteiger partial charge in [-0.25, -0.2) is 13.2 Å². The van der Waals surface area contributed by atoms with Gasteiger partial charge in [-0.05, 0) is 104 Å². The maximum Gasteiger partial charge on any atom is 0.408 e. The van der Waals surface area contributed by atoms with E-state index in [0.717, 1.165) is 11.8 Å². The Morgan fingerprint density at radius 3 is 2.43 bits per heavy atom. The standard InChI is InChI=1S/C42H56ClF2N5O9S/c1-9-26(6)49(38(54)55)33-25(5)19-24(4)13-10-11-14-27-21-41(27,37(53)48-60(56,57)39(7)17-18-39)47-34(51)31-22-40(8,42(44,45)50(31)36(33)52)59-35-28-15-12-16-30(43)29(28)20-32(46-35)58-23(2)3/h11-12,14-16,20,23-27,31,33H,9-10,13,17-19,21-22H2,1-8H3,(H,47,51)(H,48,53)(H,54,55)/b14-11-/t24-,25-,26?,27-,31+,33+,40-,41-/m1/s1. The number of hydrogen-bond donors (Lipinski definition) is 3. The second kappa shape index (κ2) is 16.2. The normalized spacial score (nSPS) is 31.1. The molecule has 2 aliphatic heterocycles. The fourth-order valence-electron chi connectivity index (χ4n) is 8.56. The number of fused-ring (bicyclic) bond motifs is 3. The Hall–Kier alpha value is -4.25. The van der Waals surface area contributed by atoms with E-state index >= 15 is 13.6 Å². The molecule has 0 bridgehead atoms. The average Bonchev–Trinajstić information content (AvgIpc) is 4.06. The summed E-state index contributed by atoms with van der Waals surface area (Å²) in [7, 11) is -4.18. The summed E-state index contributed by atoms with van der Waals surface area (Å²) in [6.07, 6.45) is 3.05. The number of hydrogen-bond acceptors (Lipinski definition) is 9. The molecule has 3 heterocycles. The van der Waals surface area contributed by atoms with Crippen LogP contribution in [0.2, 0.25) is 5.02 Å². The van der Waals surface area contributed by atoms with E-state index in [0.29, 0.717) is 31.1 Å². The molecule has 8 atom stereocenters. The van der Waals surface area contributed by atoms with E-state index in [9.17, 15) is 27.9 Å². The van der Waals surface area contributed by atoms with Crippen LogP contribution in [0.25, 0.3) is 10.8 Å². The van der Waals surface area contributed by atoms with Crippen LogP contribution < -0.4 is 19.5 Å². The zero-order valence-corrected chi connectivity index (χ0v) is 36.8. The van der Waals surface area contributed by atoms with Crippen molar-refractivity contribution in [2.75, 3.05) is 0 Å². The van der Waals surface area contributed by atoms with Gasteiger partial charge >= 0.3 is 12.1 Å². The number of nitrogens with zero attached hydrogens (tertiary/aromatic N) is 3. The molecular weight excluding hydrogens is 824 g/mol. The molecule has 4 aliphatic rings. The number of sulfonamides is 1. The third-order valence-corrected chi connectivity index (χ3v) is 15.2. The number of ether oxygens (including phenoxy) is 2. The fraction of sp³-hybridized carbons (Fsp3) is 0.643. The van der Waals surface area contributed by atoms with Gasteiger partial charge in [-0.2, -0.15) is 13.8 Å². The maximum absolute atomic E-state index is 17.8. The van der Waals surface area contributed by atoms with Crippen molar-refractivity contribution in [3.63, 3.8) is 0 Å². The summed E-state index contributed by atoms with van der Waals surface area (Å²) in [5.41, 5.74) is -4.56. The minimum Gasteiger partial charge on any atom is -0.475 e. The number of pyridine rings is 1. The van der Waals surface area contributed by atoms with Crippen molar-refractivity contribution in [3.8, 4) is 11.8 Å². The number of nitrogens with one attached hydrogen (secondary N) is 2.